The number of imide groups is 1. The molecule has 2 aromatic carbocycles. The Morgan fingerprint density at radius 1 is 1.03 bits per heavy atom. The lowest BCUT2D eigenvalue weighted by molar-refractivity contribution is -0.121. The number of hydrogen-bond acceptors (Lipinski definition) is 7. The molecule has 152 valence electrons. The number of ether oxygens (including phenoxy) is 1. The standard InChI is InChI=1S/C21H18N4O5/c1-29-16-8-2-13(3-9-16)12-17-23-24-21(30-17)22-20(28)14-4-6-15(7-5-14)25-18(26)10-11-19(25)27/h2-9H,10-12H2,1H3,(H,22,24,28). The minimum absolute atomic E-state index is 0.0162. The number of carbonyl (C=O) groups excluding carboxylic acids is 3. The van der Waals surface area contributed by atoms with E-state index in [1.165, 1.54) is 12.1 Å². The van der Waals surface area contributed by atoms with Crippen molar-refractivity contribution in [3.8, 4) is 5.75 Å². The summed E-state index contributed by atoms with van der Waals surface area (Å²) in [4.78, 5) is 37.1. The first-order chi connectivity index (χ1) is 14.5. The summed E-state index contributed by atoms with van der Waals surface area (Å²) in [5, 5.41) is 10.3. The summed E-state index contributed by atoms with van der Waals surface area (Å²) < 4.78 is 10.6. The Morgan fingerprint density at radius 2 is 1.70 bits per heavy atom. The number of amides is 3. The molecule has 1 aliphatic rings. The number of rotatable bonds is 6. The van der Waals surface area contributed by atoms with Crippen LogP contribution in [0, 0.1) is 0 Å². The first kappa shape index (κ1) is 19.3. The summed E-state index contributed by atoms with van der Waals surface area (Å²) in [6, 6.07) is 13.6. The molecule has 2 heterocycles. The Labute approximate surface area is 171 Å². The van der Waals surface area contributed by atoms with Gasteiger partial charge in [-0.15, -0.1) is 5.10 Å². The Balaban J connectivity index is 1.39. The van der Waals surface area contributed by atoms with Crippen LogP contribution in [-0.4, -0.2) is 35.0 Å². The van der Waals surface area contributed by atoms with Crippen LogP contribution in [0.2, 0.25) is 0 Å². The third-order valence-corrected chi connectivity index (χ3v) is 4.64. The fourth-order valence-corrected chi connectivity index (χ4v) is 3.09. The second-order valence-corrected chi connectivity index (χ2v) is 6.65. The van der Waals surface area contributed by atoms with E-state index in [0.717, 1.165) is 16.2 Å². The quantitative estimate of drug-likeness (QED) is 0.626. The van der Waals surface area contributed by atoms with E-state index in [9.17, 15) is 14.4 Å². The Hall–Kier alpha value is -4.01. The van der Waals surface area contributed by atoms with Gasteiger partial charge >= 0.3 is 6.01 Å². The lowest BCUT2D eigenvalue weighted by Gasteiger charge is -2.13. The van der Waals surface area contributed by atoms with Gasteiger partial charge in [-0.05, 0) is 42.0 Å². The molecule has 0 radical (unpaired) electrons. The lowest BCUT2D eigenvalue weighted by Crippen LogP contribution is -2.28. The highest BCUT2D eigenvalue weighted by Gasteiger charge is 2.30. The largest absolute Gasteiger partial charge is 0.497 e. The molecular weight excluding hydrogens is 388 g/mol. The summed E-state index contributed by atoms with van der Waals surface area (Å²) in [5.41, 5.74) is 1.73. The monoisotopic (exact) mass is 406 g/mol. The van der Waals surface area contributed by atoms with Gasteiger partial charge in [0.15, 0.2) is 0 Å². The molecule has 0 saturated carbocycles. The molecule has 30 heavy (non-hydrogen) atoms. The van der Waals surface area contributed by atoms with Crippen LogP contribution < -0.4 is 15.0 Å². The molecule has 1 N–H and O–H groups in total. The van der Waals surface area contributed by atoms with E-state index in [1.807, 2.05) is 24.3 Å². The van der Waals surface area contributed by atoms with Gasteiger partial charge in [0, 0.05) is 18.4 Å². The first-order valence-corrected chi connectivity index (χ1v) is 9.26. The topological polar surface area (TPSA) is 115 Å². The maximum Gasteiger partial charge on any atom is 0.322 e. The van der Waals surface area contributed by atoms with Crippen LogP contribution in [0.4, 0.5) is 11.7 Å². The Morgan fingerprint density at radius 3 is 2.33 bits per heavy atom. The second-order valence-electron chi connectivity index (χ2n) is 6.65. The van der Waals surface area contributed by atoms with E-state index in [0.29, 0.717) is 23.6 Å². The van der Waals surface area contributed by atoms with E-state index in [4.69, 9.17) is 9.15 Å². The number of anilines is 2. The number of aromatic nitrogens is 2. The summed E-state index contributed by atoms with van der Waals surface area (Å²) in [6.45, 7) is 0. The summed E-state index contributed by atoms with van der Waals surface area (Å²) in [7, 11) is 1.60. The zero-order valence-corrected chi connectivity index (χ0v) is 16.1. The number of benzene rings is 2. The van der Waals surface area contributed by atoms with Gasteiger partial charge in [0.1, 0.15) is 5.75 Å². The SMILES string of the molecule is COc1ccc(Cc2nnc(NC(=O)c3ccc(N4C(=O)CCC4=O)cc3)o2)cc1. The molecule has 0 aliphatic carbocycles. The third-order valence-electron chi connectivity index (χ3n) is 4.64. The predicted molar refractivity (Wildman–Crippen MR) is 106 cm³/mol. The highest BCUT2D eigenvalue weighted by molar-refractivity contribution is 6.20. The van der Waals surface area contributed by atoms with Gasteiger partial charge in [-0.25, -0.2) is 0 Å². The average molecular weight is 406 g/mol. The molecule has 3 amide bonds. The molecule has 0 bridgehead atoms. The van der Waals surface area contributed by atoms with Gasteiger partial charge in [0.25, 0.3) is 5.91 Å². The highest BCUT2D eigenvalue weighted by Crippen LogP contribution is 2.23. The van der Waals surface area contributed by atoms with Crippen molar-refractivity contribution in [2.45, 2.75) is 19.3 Å². The predicted octanol–water partition coefficient (Wildman–Crippen LogP) is 2.57. The Kier molecular flexibility index (Phi) is 5.25. The zero-order chi connectivity index (χ0) is 21.1. The Bertz CT molecular complexity index is 1070. The normalized spacial score (nSPS) is 13.6. The molecule has 0 spiro atoms. The van der Waals surface area contributed by atoms with E-state index < -0.39 is 5.91 Å². The van der Waals surface area contributed by atoms with Gasteiger partial charge in [0.05, 0.1) is 19.2 Å². The average Bonchev–Trinajstić information content (AvgIpc) is 3.34. The maximum atomic E-state index is 12.4. The lowest BCUT2D eigenvalue weighted by atomic mass is 10.1. The van der Waals surface area contributed by atoms with E-state index in [2.05, 4.69) is 15.5 Å². The number of hydrogen-bond donors (Lipinski definition) is 1. The van der Waals surface area contributed by atoms with Gasteiger partial charge < -0.3 is 9.15 Å². The molecule has 1 aliphatic heterocycles. The second kappa shape index (κ2) is 8.16. The van der Waals surface area contributed by atoms with Crippen LogP contribution in [0.5, 0.6) is 5.75 Å². The number of nitrogens with one attached hydrogen (secondary N) is 1. The zero-order valence-electron chi connectivity index (χ0n) is 16.1. The first-order valence-electron chi connectivity index (χ1n) is 9.26. The minimum Gasteiger partial charge on any atom is -0.497 e. The third kappa shape index (κ3) is 4.04. The maximum absolute atomic E-state index is 12.4. The van der Waals surface area contributed by atoms with E-state index in [-0.39, 0.29) is 30.7 Å². The summed E-state index contributed by atoms with van der Waals surface area (Å²) in [5.74, 6) is 0.179. The van der Waals surface area contributed by atoms with Gasteiger partial charge in [-0.3, -0.25) is 24.6 Å². The van der Waals surface area contributed by atoms with Gasteiger partial charge in [0.2, 0.25) is 17.7 Å². The van der Waals surface area contributed by atoms with Crippen molar-refractivity contribution in [2.24, 2.45) is 0 Å². The van der Waals surface area contributed by atoms with Crippen molar-refractivity contribution >= 4 is 29.4 Å². The molecule has 1 fully saturated rings. The molecule has 1 saturated heterocycles. The van der Waals surface area contributed by atoms with Crippen molar-refractivity contribution < 1.29 is 23.5 Å². The smallest absolute Gasteiger partial charge is 0.322 e. The molecule has 3 aromatic rings. The molecular formula is C21H18N4O5. The van der Waals surface area contributed by atoms with Crippen LogP contribution in [0.3, 0.4) is 0 Å². The van der Waals surface area contributed by atoms with Crippen molar-refractivity contribution in [3.63, 3.8) is 0 Å². The number of methoxy groups -OCH3 is 1. The van der Waals surface area contributed by atoms with Crippen molar-refractivity contribution in [1.29, 1.82) is 0 Å². The van der Waals surface area contributed by atoms with Crippen LogP contribution in [0.15, 0.2) is 52.9 Å². The van der Waals surface area contributed by atoms with Crippen molar-refractivity contribution in [2.75, 3.05) is 17.3 Å². The summed E-state index contributed by atoms with van der Waals surface area (Å²) >= 11 is 0. The van der Waals surface area contributed by atoms with Crippen LogP contribution in [0.1, 0.15) is 34.7 Å². The fraction of sp³-hybridized carbons (Fsp3) is 0.190. The highest BCUT2D eigenvalue weighted by atomic mass is 16.5. The molecule has 4 rings (SSSR count). The molecule has 9 heteroatoms. The molecule has 9 nitrogen and oxygen atoms in total. The summed E-state index contributed by atoms with van der Waals surface area (Å²) in [6.07, 6.45) is 0.827. The van der Waals surface area contributed by atoms with Crippen LogP contribution in [0.25, 0.3) is 0 Å². The fourth-order valence-electron chi connectivity index (χ4n) is 3.09. The van der Waals surface area contributed by atoms with Crippen molar-refractivity contribution in [3.05, 3.63) is 65.5 Å². The number of carbonyl (C=O) groups is 3. The van der Waals surface area contributed by atoms with Crippen molar-refractivity contribution in [1.82, 2.24) is 10.2 Å². The minimum atomic E-state index is -0.444. The van der Waals surface area contributed by atoms with Gasteiger partial charge in [-0.2, -0.15) is 0 Å². The number of nitrogens with zero attached hydrogens (tertiary/aromatic N) is 3. The molecule has 0 atom stereocenters. The van der Waals surface area contributed by atoms with E-state index >= 15 is 0 Å². The molecule has 0 unspecified atom stereocenters. The molecule has 1 aromatic heterocycles. The van der Waals surface area contributed by atoms with Crippen LogP contribution in [-0.2, 0) is 16.0 Å². The van der Waals surface area contributed by atoms with E-state index in [1.54, 1.807) is 19.2 Å². The van der Waals surface area contributed by atoms with Crippen LogP contribution >= 0.6 is 0 Å². The van der Waals surface area contributed by atoms with Gasteiger partial charge in [-0.1, -0.05) is 17.2 Å².